The summed E-state index contributed by atoms with van der Waals surface area (Å²) >= 11 is 0. The van der Waals surface area contributed by atoms with Crippen molar-refractivity contribution in [3.63, 3.8) is 0 Å². The van der Waals surface area contributed by atoms with Gasteiger partial charge in [-0.05, 0) is 116 Å². The lowest BCUT2D eigenvalue weighted by atomic mass is 9.90. The smallest absolute Gasteiger partial charge is 0.131 e. The predicted molar refractivity (Wildman–Crippen MR) is 213 cm³/mol. The maximum absolute atomic E-state index is 9.54. The first-order valence-corrected chi connectivity index (χ1v) is 18.2. The molecule has 6 aromatic rings. The fourth-order valence-electron chi connectivity index (χ4n) is 6.24. The summed E-state index contributed by atoms with van der Waals surface area (Å²) in [6.45, 7) is 8.12. The molecule has 274 valence electrons. The molecule has 0 amide bonds. The monoisotopic (exact) mass is 734 g/mol. The highest BCUT2D eigenvalue weighted by Gasteiger charge is 2.29. The van der Waals surface area contributed by atoms with E-state index in [-0.39, 0.29) is 5.56 Å². The summed E-state index contributed by atoms with van der Waals surface area (Å²) in [6.07, 6.45) is 1.35. The van der Waals surface area contributed by atoms with Crippen LogP contribution in [-0.2, 0) is 11.2 Å². The summed E-state index contributed by atoms with van der Waals surface area (Å²) in [4.78, 5) is 0. The highest BCUT2D eigenvalue weighted by atomic mass is 16.5. The van der Waals surface area contributed by atoms with Crippen molar-refractivity contribution in [3.8, 4) is 69.9 Å². The van der Waals surface area contributed by atoms with Crippen LogP contribution in [-0.4, -0.2) is 0 Å². The van der Waals surface area contributed by atoms with Crippen molar-refractivity contribution >= 4 is 0 Å². The molecule has 0 N–H and O–H groups in total. The Morgan fingerprint density at radius 1 is 0.411 bits per heavy atom. The average Bonchev–Trinajstić information content (AvgIpc) is 3.23. The number of benzene rings is 6. The van der Waals surface area contributed by atoms with Gasteiger partial charge in [0, 0.05) is 12.1 Å². The van der Waals surface area contributed by atoms with Gasteiger partial charge in [0.25, 0.3) is 0 Å². The van der Waals surface area contributed by atoms with E-state index in [0.29, 0.717) is 64.0 Å². The van der Waals surface area contributed by atoms with Gasteiger partial charge < -0.3 is 18.9 Å². The lowest BCUT2D eigenvalue weighted by Gasteiger charge is -2.30. The Morgan fingerprint density at radius 2 is 0.804 bits per heavy atom. The van der Waals surface area contributed by atoms with E-state index in [1.165, 1.54) is 0 Å². The lowest BCUT2D eigenvalue weighted by molar-refractivity contribution is 0.0821. The quantitative estimate of drug-likeness (QED) is 0.114. The van der Waals surface area contributed by atoms with Crippen LogP contribution < -0.4 is 18.9 Å². The molecule has 0 aliphatic carbocycles. The third-order valence-electron chi connectivity index (χ3n) is 9.90. The molecule has 8 heteroatoms. The maximum atomic E-state index is 9.54. The summed E-state index contributed by atoms with van der Waals surface area (Å²) in [5.41, 5.74) is 3.78. The fourth-order valence-corrected chi connectivity index (χ4v) is 6.24. The topological polar surface area (TPSA) is 132 Å². The second-order valence-corrected chi connectivity index (χ2v) is 13.5. The minimum Gasteiger partial charge on any atom is -0.483 e. The van der Waals surface area contributed by atoms with Crippen molar-refractivity contribution in [3.05, 3.63) is 167 Å². The zero-order valence-electron chi connectivity index (χ0n) is 31.5. The molecule has 8 nitrogen and oxygen atoms in total. The van der Waals surface area contributed by atoms with Crippen molar-refractivity contribution in [1.82, 2.24) is 0 Å². The molecule has 0 fully saturated rings. The van der Waals surface area contributed by atoms with E-state index in [0.717, 1.165) is 22.3 Å². The molecule has 0 spiro atoms. The van der Waals surface area contributed by atoms with E-state index >= 15 is 0 Å². The molecule has 0 aliphatic heterocycles. The SMILES string of the molecule is CCC(C)(Oc1cccc(Oc2ccc(C#N)c(C#N)c2)c1)c1ccc(-c2ccc(Oc3cccc(OC(C)(CC)c4ccc(C#N)c(C#N)c4)c3)cc2)cc1. The predicted octanol–water partition coefficient (Wildman–Crippen LogP) is 11.8. The molecule has 0 saturated heterocycles. The third kappa shape index (κ3) is 8.48. The molecule has 0 aromatic heterocycles. The summed E-state index contributed by atoms with van der Waals surface area (Å²) in [7, 11) is 0. The highest BCUT2D eigenvalue weighted by Crippen LogP contribution is 2.37. The van der Waals surface area contributed by atoms with Gasteiger partial charge in [-0.2, -0.15) is 21.0 Å². The minimum atomic E-state index is -0.727. The molecular formula is C48H38N4O4. The van der Waals surface area contributed by atoms with Gasteiger partial charge in [0.2, 0.25) is 0 Å². The van der Waals surface area contributed by atoms with Gasteiger partial charge in [-0.25, -0.2) is 0 Å². The lowest BCUT2D eigenvalue weighted by Crippen LogP contribution is -2.28. The zero-order valence-corrected chi connectivity index (χ0v) is 31.5. The van der Waals surface area contributed by atoms with Gasteiger partial charge in [-0.3, -0.25) is 0 Å². The standard InChI is InChI=1S/C48H38N4O4/c1-5-47(3,55-45-11-8-10-43(28-45)54-44-24-18-36(30-50)38(26-44)32-52)39-19-13-33(14-20-39)34-16-22-41(23-17-34)53-42-9-7-12-46(27-42)56-48(4,6-2)40-21-15-35(29-49)37(25-40)31-51/h7-28H,5-6H2,1-4H3. The molecule has 2 unspecified atom stereocenters. The summed E-state index contributed by atoms with van der Waals surface area (Å²) < 4.78 is 25.3. The zero-order chi connectivity index (χ0) is 39.7. The molecule has 0 aliphatic rings. The van der Waals surface area contributed by atoms with Crippen LogP contribution in [0.1, 0.15) is 73.9 Å². The summed E-state index contributed by atoms with van der Waals surface area (Å²) in [5, 5.41) is 37.5. The Labute approximate surface area is 327 Å². The van der Waals surface area contributed by atoms with Crippen LogP contribution in [0.5, 0.6) is 34.5 Å². The Hall–Kier alpha value is -7.52. The Morgan fingerprint density at radius 3 is 1.32 bits per heavy atom. The molecule has 6 aromatic carbocycles. The van der Waals surface area contributed by atoms with Gasteiger partial charge in [-0.15, -0.1) is 0 Å². The Kier molecular flexibility index (Phi) is 11.4. The van der Waals surface area contributed by atoms with E-state index in [4.69, 9.17) is 18.9 Å². The number of hydrogen-bond donors (Lipinski definition) is 0. The highest BCUT2D eigenvalue weighted by molar-refractivity contribution is 5.65. The van der Waals surface area contributed by atoms with Gasteiger partial charge in [0.15, 0.2) is 0 Å². The maximum Gasteiger partial charge on any atom is 0.131 e. The van der Waals surface area contributed by atoms with Crippen molar-refractivity contribution in [2.45, 2.75) is 51.7 Å². The van der Waals surface area contributed by atoms with Crippen molar-refractivity contribution in [2.24, 2.45) is 0 Å². The fraction of sp³-hybridized carbons (Fsp3) is 0.167. The van der Waals surface area contributed by atoms with Crippen LogP contribution >= 0.6 is 0 Å². The molecule has 6 rings (SSSR count). The molecule has 2 atom stereocenters. The number of nitrogens with zero attached hydrogens (tertiary/aromatic N) is 4. The van der Waals surface area contributed by atoms with Crippen LogP contribution in [0.25, 0.3) is 11.1 Å². The summed E-state index contributed by atoms with van der Waals surface area (Å²) in [6, 6.07) is 49.3. The van der Waals surface area contributed by atoms with Crippen molar-refractivity contribution in [1.29, 1.82) is 21.0 Å². The van der Waals surface area contributed by atoms with Gasteiger partial charge >= 0.3 is 0 Å². The van der Waals surface area contributed by atoms with Crippen LogP contribution in [0.4, 0.5) is 0 Å². The van der Waals surface area contributed by atoms with E-state index in [2.05, 4.69) is 50.3 Å². The Bertz CT molecular complexity index is 2540. The third-order valence-corrected chi connectivity index (χ3v) is 9.90. The first-order valence-electron chi connectivity index (χ1n) is 18.2. The van der Waals surface area contributed by atoms with E-state index in [1.807, 2.05) is 105 Å². The van der Waals surface area contributed by atoms with Crippen LogP contribution in [0.2, 0.25) is 0 Å². The van der Waals surface area contributed by atoms with Crippen LogP contribution in [0.3, 0.4) is 0 Å². The Balaban J connectivity index is 1.11. The number of rotatable bonds is 13. The molecule has 56 heavy (non-hydrogen) atoms. The first kappa shape index (κ1) is 38.2. The van der Waals surface area contributed by atoms with Crippen LogP contribution in [0.15, 0.2) is 133 Å². The van der Waals surface area contributed by atoms with Crippen molar-refractivity contribution in [2.75, 3.05) is 0 Å². The molecular weight excluding hydrogens is 697 g/mol. The number of hydrogen-bond acceptors (Lipinski definition) is 8. The number of nitriles is 4. The average molecular weight is 735 g/mol. The second kappa shape index (κ2) is 16.7. The van der Waals surface area contributed by atoms with Gasteiger partial charge in [0.1, 0.15) is 70.0 Å². The van der Waals surface area contributed by atoms with E-state index < -0.39 is 11.2 Å². The van der Waals surface area contributed by atoms with E-state index in [1.54, 1.807) is 30.3 Å². The van der Waals surface area contributed by atoms with Crippen molar-refractivity contribution < 1.29 is 18.9 Å². The minimum absolute atomic E-state index is 0.256. The largest absolute Gasteiger partial charge is 0.483 e. The molecule has 0 saturated carbocycles. The van der Waals surface area contributed by atoms with Gasteiger partial charge in [0.05, 0.1) is 22.3 Å². The van der Waals surface area contributed by atoms with Gasteiger partial charge in [-0.1, -0.05) is 68.4 Å². The van der Waals surface area contributed by atoms with E-state index in [9.17, 15) is 21.0 Å². The first-order chi connectivity index (χ1) is 27.1. The number of ether oxygens (including phenoxy) is 4. The summed E-state index contributed by atoms with van der Waals surface area (Å²) in [5.74, 6) is 3.56. The van der Waals surface area contributed by atoms with Crippen LogP contribution in [0, 0.1) is 45.3 Å². The second-order valence-electron chi connectivity index (χ2n) is 13.5. The molecule has 0 heterocycles. The molecule has 0 radical (unpaired) electrons. The normalized spacial score (nSPS) is 12.6. The molecule has 0 bridgehead atoms.